The van der Waals surface area contributed by atoms with Crippen molar-refractivity contribution in [3.05, 3.63) is 93.9 Å². The quantitative estimate of drug-likeness (QED) is 0.349. The van der Waals surface area contributed by atoms with Gasteiger partial charge in [-0.15, -0.1) is 0 Å². The van der Waals surface area contributed by atoms with Crippen LogP contribution in [0.1, 0.15) is 26.3 Å². The van der Waals surface area contributed by atoms with Crippen LogP contribution in [0.15, 0.2) is 77.2 Å². The molecule has 2 aromatic carbocycles. The predicted octanol–water partition coefficient (Wildman–Crippen LogP) is 4.68. The van der Waals surface area contributed by atoms with Crippen LogP contribution in [-0.2, 0) is 0 Å². The number of nitrogens with zero attached hydrogens (tertiary/aromatic N) is 1. The van der Waals surface area contributed by atoms with E-state index in [2.05, 4.69) is 20.9 Å². The highest BCUT2D eigenvalue weighted by atomic mass is 79.9. The summed E-state index contributed by atoms with van der Waals surface area (Å²) >= 11 is 3.37. The van der Waals surface area contributed by atoms with Crippen LogP contribution in [0.2, 0.25) is 0 Å². The monoisotopic (exact) mass is 421 g/mol. The van der Waals surface area contributed by atoms with Crippen LogP contribution in [0.3, 0.4) is 0 Å². The number of ether oxygens (including phenoxy) is 2. The number of fused-ring (bicyclic) bond motifs is 1. The summed E-state index contributed by atoms with van der Waals surface area (Å²) in [6, 6.07) is 15.3. The van der Waals surface area contributed by atoms with Gasteiger partial charge in [-0.2, -0.15) is 0 Å². The fourth-order valence-electron chi connectivity index (χ4n) is 2.60. The molecule has 1 aliphatic heterocycles. The van der Waals surface area contributed by atoms with E-state index in [1.54, 1.807) is 30.3 Å². The molecule has 5 nitrogen and oxygen atoms in total. The van der Waals surface area contributed by atoms with Crippen molar-refractivity contribution in [3.63, 3.8) is 0 Å². The number of rotatable bonds is 3. The molecule has 0 spiro atoms. The van der Waals surface area contributed by atoms with Gasteiger partial charge in [0.25, 0.3) is 0 Å². The number of ketones is 1. The van der Waals surface area contributed by atoms with E-state index in [4.69, 9.17) is 9.47 Å². The topological polar surface area (TPSA) is 65.5 Å². The Morgan fingerprint density at radius 1 is 1.04 bits per heavy atom. The molecule has 0 amide bonds. The van der Waals surface area contributed by atoms with Crippen LogP contribution in [-0.4, -0.2) is 16.7 Å². The first-order chi connectivity index (χ1) is 13.1. The Balaban J connectivity index is 1.55. The summed E-state index contributed by atoms with van der Waals surface area (Å²) < 4.78 is 12.0. The zero-order valence-corrected chi connectivity index (χ0v) is 15.5. The lowest BCUT2D eigenvalue weighted by Crippen LogP contribution is -2.08. The highest BCUT2D eigenvalue weighted by Crippen LogP contribution is 2.35. The van der Waals surface area contributed by atoms with Crippen molar-refractivity contribution in [3.8, 4) is 11.5 Å². The number of benzene rings is 2. The number of halogens is 1. The first kappa shape index (κ1) is 17.2. The van der Waals surface area contributed by atoms with Gasteiger partial charge in [-0.1, -0.05) is 28.1 Å². The van der Waals surface area contributed by atoms with Crippen molar-refractivity contribution in [1.29, 1.82) is 0 Å². The summed E-state index contributed by atoms with van der Waals surface area (Å²) in [5.74, 6) is 0.175. The van der Waals surface area contributed by atoms with Crippen LogP contribution in [0, 0.1) is 0 Å². The van der Waals surface area contributed by atoms with E-state index in [1.807, 2.05) is 24.3 Å². The Bertz CT molecular complexity index is 1060. The molecule has 0 bridgehead atoms. The molecule has 0 saturated heterocycles. The normalized spacial score (nSPS) is 14.0. The van der Waals surface area contributed by atoms with Crippen molar-refractivity contribution < 1.29 is 19.1 Å². The Morgan fingerprint density at radius 2 is 1.78 bits per heavy atom. The summed E-state index contributed by atoms with van der Waals surface area (Å²) in [6.45, 7) is 0. The lowest BCUT2D eigenvalue weighted by molar-refractivity contribution is 0.0734. The zero-order chi connectivity index (χ0) is 18.8. The number of hydrogen-bond donors (Lipinski definition) is 0. The molecular weight excluding hydrogens is 410 g/mol. The lowest BCUT2D eigenvalue weighted by Gasteiger charge is -2.05. The predicted molar refractivity (Wildman–Crippen MR) is 103 cm³/mol. The number of aromatic nitrogens is 1. The Hall–Kier alpha value is -3.25. The average molecular weight is 422 g/mol. The van der Waals surface area contributed by atoms with Gasteiger partial charge in [-0.05, 0) is 48.0 Å². The van der Waals surface area contributed by atoms with Gasteiger partial charge in [-0.25, -0.2) is 4.79 Å². The van der Waals surface area contributed by atoms with Gasteiger partial charge in [0, 0.05) is 22.9 Å². The second-order valence-corrected chi connectivity index (χ2v) is 6.69. The maximum Gasteiger partial charge on any atom is 0.343 e. The molecule has 132 valence electrons. The molecule has 0 atom stereocenters. The highest BCUT2D eigenvalue weighted by molar-refractivity contribution is 9.10. The van der Waals surface area contributed by atoms with E-state index in [1.165, 1.54) is 18.5 Å². The molecule has 0 fully saturated rings. The molecule has 6 heteroatoms. The van der Waals surface area contributed by atoms with E-state index in [-0.39, 0.29) is 11.5 Å². The molecular formula is C21H12BrNO4. The van der Waals surface area contributed by atoms with Gasteiger partial charge in [0.05, 0.1) is 11.1 Å². The molecule has 2 heterocycles. The van der Waals surface area contributed by atoms with Crippen LogP contribution in [0.4, 0.5) is 0 Å². The van der Waals surface area contributed by atoms with E-state index in [9.17, 15) is 9.59 Å². The summed E-state index contributed by atoms with van der Waals surface area (Å²) in [5.41, 5.74) is 1.67. The Kier molecular flexibility index (Phi) is 4.56. The third kappa shape index (κ3) is 3.66. The van der Waals surface area contributed by atoms with Crippen molar-refractivity contribution in [1.82, 2.24) is 4.98 Å². The largest absolute Gasteiger partial charge is 0.452 e. The molecule has 0 N–H and O–H groups in total. The van der Waals surface area contributed by atoms with Gasteiger partial charge in [-0.3, -0.25) is 9.78 Å². The van der Waals surface area contributed by atoms with Crippen LogP contribution in [0.25, 0.3) is 6.08 Å². The third-order valence-electron chi connectivity index (χ3n) is 3.94. The number of carbonyl (C=O) groups excluding carboxylic acids is 2. The van der Waals surface area contributed by atoms with Gasteiger partial charge in [0.2, 0.25) is 5.78 Å². The van der Waals surface area contributed by atoms with Crippen LogP contribution >= 0.6 is 15.9 Å². The highest BCUT2D eigenvalue weighted by Gasteiger charge is 2.28. The number of pyridine rings is 1. The maximum atomic E-state index is 12.5. The third-order valence-corrected chi connectivity index (χ3v) is 4.46. The first-order valence-electron chi connectivity index (χ1n) is 8.06. The van der Waals surface area contributed by atoms with Gasteiger partial charge < -0.3 is 9.47 Å². The summed E-state index contributed by atoms with van der Waals surface area (Å²) in [7, 11) is 0. The average Bonchev–Trinajstić information content (AvgIpc) is 2.99. The smallest absolute Gasteiger partial charge is 0.343 e. The molecule has 0 saturated carbocycles. The first-order valence-corrected chi connectivity index (χ1v) is 8.85. The van der Waals surface area contributed by atoms with Crippen molar-refractivity contribution in [2.45, 2.75) is 0 Å². The standard InChI is InChI=1S/C21H12BrNO4/c22-15-3-1-13(2-4-15)11-19-20(24)17-6-5-16(12-18(17)27-19)26-21(25)14-7-9-23-10-8-14/h1-12H/b19-11-. The molecule has 27 heavy (non-hydrogen) atoms. The molecule has 1 aromatic heterocycles. The molecule has 0 aliphatic carbocycles. The van der Waals surface area contributed by atoms with E-state index in [0.717, 1.165) is 10.0 Å². The van der Waals surface area contributed by atoms with E-state index >= 15 is 0 Å². The second kappa shape index (κ2) is 7.17. The van der Waals surface area contributed by atoms with Crippen LogP contribution in [0.5, 0.6) is 11.5 Å². The molecule has 0 unspecified atom stereocenters. The molecule has 0 radical (unpaired) electrons. The van der Waals surface area contributed by atoms with Crippen molar-refractivity contribution in [2.75, 3.05) is 0 Å². The number of Topliss-reactive ketones (excluding diaryl/α,β-unsaturated/α-hetero) is 1. The second-order valence-electron chi connectivity index (χ2n) is 5.77. The zero-order valence-electron chi connectivity index (χ0n) is 13.9. The number of hydrogen-bond acceptors (Lipinski definition) is 5. The summed E-state index contributed by atoms with van der Waals surface area (Å²) in [4.78, 5) is 28.5. The Labute approximate surface area is 163 Å². The number of carbonyl (C=O) groups is 2. The van der Waals surface area contributed by atoms with E-state index < -0.39 is 5.97 Å². The fourth-order valence-corrected chi connectivity index (χ4v) is 2.86. The van der Waals surface area contributed by atoms with Crippen molar-refractivity contribution in [2.24, 2.45) is 0 Å². The summed E-state index contributed by atoms with van der Waals surface area (Å²) in [5, 5.41) is 0. The molecule has 1 aliphatic rings. The number of esters is 1. The van der Waals surface area contributed by atoms with E-state index in [0.29, 0.717) is 22.6 Å². The summed E-state index contributed by atoms with van der Waals surface area (Å²) in [6.07, 6.45) is 4.71. The minimum absolute atomic E-state index is 0.208. The van der Waals surface area contributed by atoms with Crippen molar-refractivity contribution >= 4 is 33.8 Å². The number of allylic oxidation sites excluding steroid dienone is 1. The van der Waals surface area contributed by atoms with Crippen LogP contribution < -0.4 is 9.47 Å². The SMILES string of the molecule is O=C(Oc1ccc2c(c1)O/C(=C\c1ccc(Br)cc1)C2=O)c1ccncc1. The van der Waals surface area contributed by atoms with Gasteiger partial charge in [0.1, 0.15) is 11.5 Å². The minimum Gasteiger partial charge on any atom is -0.452 e. The molecule has 3 aromatic rings. The molecule has 4 rings (SSSR count). The lowest BCUT2D eigenvalue weighted by atomic mass is 10.1. The minimum atomic E-state index is -0.507. The van der Waals surface area contributed by atoms with Gasteiger partial charge >= 0.3 is 5.97 Å². The fraction of sp³-hybridized carbons (Fsp3) is 0. The maximum absolute atomic E-state index is 12.5. The van der Waals surface area contributed by atoms with Gasteiger partial charge in [0.15, 0.2) is 5.76 Å². The Morgan fingerprint density at radius 3 is 2.52 bits per heavy atom.